The molecule has 0 saturated carbocycles. The Bertz CT molecular complexity index is 627. The van der Waals surface area contributed by atoms with Gasteiger partial charge in [-0.2, -0.15) is 0 Å². The third kappa shape index (κ3) is 1.94. The zero-order valence-electron chi connectivity index (χ0n) is 11.3. The summed E-state index contributed by atoms with van der Waals surface area (Å²) in [6, 6.07) is 10.7. The number of quaternary nitrogens is 1. The molecule has 2 aromatic carbocycles. The minimum Gasteiger partial charge on any atom is -0.379 e. The monoisotopic (exact) mass is 260 g/mol. The molecule has 2 N–H and O–H groups in total. The van der Waals surface area contributed by atoms with Crippen LogP contribution in [0.25, 0.3) is 10.8 Å². The minimum absolute atomic E-state index is 0.172. The van der Waals surface area contributed by atoms with Gasteiger partial charge in [0.05, 0.1) is 13.6 Å². The van der Waals surface area contributed by atoms with E-state index in [1.54, 1.807) is 6.07 Å². The van der Waals surface area contributed by atoms with Crippen LogP contribution in [-0.2, 0) is 5.60 Å². The van der Waals surface area contributed by atoms with Gasteiger partial charge in [0.1, 0.15) is 17.5 Å². The van der Waals surface area contributed by atoms with Crippen LogP contribution in [0.2, 0.25) is 0 Å². The fourth-order valence-electron chi connectivity index (χ4n) is 3.11. The summed E-state index contributed by atoms with van der Waals surface area (Å²) in [5, 5.41) is 12.8. The molecule has 3 rings (SSSR count). The average Bonchev–Trinajstić information content (AvgIpc) is 2.67. The van der Waals surface area contributed by atoms with E-state index in [2.05, 4.69) is 14.0 Å². The SMILES string of the molecule is C[C@H]1[NH+](C)CC[C@]1(O)c1ccc2cc(F)ccc2c1. The molecule has 1 fully saturated rings. The highest BCUT2D eigenvalue weighted by Gasteiger charge is 2.46. The zero-order chi connectivity index (χ0) is 13.6. The van der Waals surface area contributed by atoms with E-state index in [-0.39, 0.29) is 11.9 Å². The number of hydrogen-bond acceptors (Lipinski definition) is 1. The van der Waals surface area contributed by atoms with Crippen molar-refractivity contribution in [3.63, 3.8) is 0 Å². The summed E-state index contributed by atoms with van der Waals surface area (Å²) in [6.07, 6.45) is 0.771. The Labute approximate surface area is 112 Å². The van der Waals surface area contributed by atoms with Crippen LogP contribution in [-0.4, -0.2) is 24.7 Å². The molecule has 3 atom stereocenters. The van der Waals surface area contributed by atoms with Crippen molar-refractivity contribution in [3.8, 4) is 0 Å². The largest absolute Gasteiger partial charge is 0.379 e. The normalized spacial score (nSPS) is 30.9. The van der Waals surface area contributed by atoms with Crippen molar-refractivity contribution in [1.82, 2.24) is 0 Å². The predicted octanol–water partition coefficient (Wildman–Crippen LogP) is 1.47. The van der Waals surface area contributed by atoms with Crippen LogP contribution in [0.5, 0.6) is 0 Å². The van der Waals surface area contributed by atoms with Gasteiger partial charge in [0.15, 0.2) is 0 Å². The van der Waals surface area contributed by atoms with Gasteiger partial charge in [0.25, 0.3) is 0 Å². The topological polar surface area (TPSA) is 24.7 Å². The lowest BCUT2D eigenvalue weighted by Crippen LogP contribution is -3.11. The number of nitrogens with one attached hydrogen (secondary N) is 1. The van der Waals surface area contributed by atoms with Crippen LogP contribution in [0.3, 0.4) is 0 Å². The Kier molecular flexibility index (Phi) is 2.84. The van der Waals surface area contributed by atoms with E-state index in [1.165, 1.54) is 17.0 Å². The van der Waals surface area contributed by atoms with Gasteiger partial charge in [-0.1, -0.05) is 18.2 Å². The van der Waals surface area contributed by atoms with Gasteiger partial charge < -0.3 is 10.0 Å². The molecule has 2 nitrogen and oxygen atoms in total. The Hall–Kier alpha value is -1.45. The number of likely N-dealkylation sites (tertiary alicyclic amines) is 1. The first kappa shape index (κ1) is 12.6. The fraction of sp³-hybridized carbons (Fsp3) is 0.375. The number of halogens is 1. The number of likely N-dealkylation sites (N-methyl/N-ethyl adjacent to an activating group) is 1. The highest BCUT2D eigenvalue weighted by Crippen LogP contribution is 2.32. The first-order valence-corrected chi connectivity index (χ1v) is 6.75. The molecule has 1 saturated heterocycles. The smallest absolute Gasteiger partial charge is 0.146 e. The standard InChI is InChI=1S/C16H18FNO/c1-11-16(19,7-8-18(11)2)14-5-3-13-10-15(17)6-4-12(13)9-14/h3-6,9-11,19H,7-8H2,1-2H3/p+1/t11-,16-/m1/s1. The maximum atomic E-state index is 13.2. The van der Waals surface area contributed by atoms with Crippen molar-refractivity contribution in [2.75, 3.05) is 13.6 Å². The van der Waals surface area contributed by atoms with Crippen LogP contribution in [0.15, 0.2) is 36.4 Å². The van der Waals surface area contributed by atoms with Crippen molar-refractivity contribution in [2.45, 2.75) is 25.0 Å². The van der Waals surface area contributed by atoms with Crippen molar-refractivity contribution in [2.24, 2.45) is 0 Å². The van der Waals surface area contributed by atoms with E-state index in [4.69, 9.17) is 0 Å². The number of hydrogen-bond donors (Lipinski definition) is 2. The molecular formula is C16H19FNO+. The first-order chi connectivity index (χ1) is 9.00. The van der Waals surface area contributed by atoms with Crippen molar-refractivity contribution in [3.05, 3.63) is 47.8 Å². The number of rotatable bonds is 1. The van der Waals surface area contributed by atoms with Crippen LogP contribution in [0, 0.1) is 5.82 Å². The lowest BCUT2D eigenvalue weighted by Gasteiger charge is -2.27. The summed E-state index contributed by atoms with van der Waals surface area (Å²) in [7, 11) is 2.11. The van der Waals surface area contributed by atoms with Gasteiger partial charge in [0.2, 0.25) is 0 Å². The highest BCUT2D eigenvalue weighted by atomic mass is 19.1. The number of benzene rings is 2. The summed E-state index contributed by atoms with van der Waals surface area (Å²) in [5.74, 6) is -0.225. The maximum Gasteiger partial charge on any atom is 0.146 e. The molecule has 0 radical (unpaired) electrons. The molecule has 0 aromatic heterocycles. The molecule has 1 aliphatic rings. The maximum absolute atomic E-state index is 13.2. The Morgan fingerprint density at radius 1 is 1.21 bits per heavy atom. The molecule has 1 aliphatic heterocycles. The molecule has 100 valence electrons. The van der Waals surface area contributed by atoms with E-state index in [1.807, 2.05) is 18.2 Å². The van der Waals surface area contributed by atoms with E-state index in [9.17, 15) is 9.50 Å². The van der Waals surface area contributed by atoms with Crippen molar-refractivity contribution < 1.29 is 14.4 Å². The van der Waals surface area contributed by atoms with E-state index >= 15 is 0 Å². The second-order valence-electron chi connectivity index (χ2n) is 5.70. The third-order valence-corrected chi connectivity index (χ3v) is 4.66. The summed E-state index contributed by atoms with van der Waals surface area (Å²) in [4.78, 5) is 1.35. The summed E-state index contributed by atoms with van der Waals surface area (Å²) >= 11 is 0. The Morgan fingerprint density at radius 2 is 1.89 bits per heavy atom. The van der Waals surface area contributed by atoms with Crippen molar-refractivity contribution in [1.29, 1.82) is 0 Å². The van der Waals surface area contributed by atoms with Gasteiger partial charge in [-0.25, -0.2) is 4.39 Å². The number of aliphatic hydroxyl groups is 1. The van der Waals surface area contributed by atoms with Crippen LogP contribution < -0.4 is 4.90 Å². The predicted molar refractivity (Wildman–Crippen MR) is 73.6 cm³/mol. The second kappa shape index (κ2) is 4.29. The molecule has 2 aromatic rings. The Morgan fingerprint density at radius 3 is 2.58 bits per heavy atom. The number of fused-ring (bicyclic) bond motifs is 1. The molecule has 19 heavy (non-hydrogen) atoms. The molecule has 0 bridgehead atoms. The summed E-state index contributed by atoms with van der Waals surface area (Å²) in [6.45, 7) is 3.05. The molecule has 1 unspecified atom stereocenters. The van der Waals surface area contributed by atoms with Crippen LogP contribution in [0.1, 0.15) is 18.9 Å². The second-order valence-corrected chi connectivity index (χ2v) is 5.70. The third-order valence-electron chi connectivity index (χ3n) is 4.66. The quantitative estimate of drug-likeness (QED) is 0.797. The summed E-state index contributed by atoms with van der Waals surface area (Å²) in [5.41, 5.74) is 0.170. The lowest BCUT2D eigenvalue weighted by atomic mass is 9.86. The average molecular weight is 260 g/mol. The first-order valence-electron chi connectivity index (χ1n) is 6.75. The summed E-state index contributed by atoms with van der Waals surface area (Å²) < 4.78 is 13.2. The van der Waals surface area contributed by atoms with Gasteiger partial charge in [0, 0.05) is 6.42 Å². The van der Waals surface area contributed by atoms with Crippen LogP contribution >= 0.6 is 0 Å². The van der Waals surface area contributed by atoms with Crippen LogP contribution in [0.4, 0.5) is 4.39 Å². The zero-order valence-corrected chi connectivity index (χ0v) is 11.3. The minimum atomic E-state index is -0.771. The molecule has 1 heterocycles. The molecule has 0 spiro atoms. The molecule has 0 aliphatic carbocycles. The Balaban J connectivity index is 2.09. The molecule has 3 heteroatoms. The van der Waals surface area contributed by atoms with E-state index < -0.39 is 5.60 Å². The van der Waals surface area contributed by atoms with Crippen molar-refractivity contribution >= 4 is 10.8 Å². The lowest BCUT2D eigenvalue weighted by molar-refractivity contribution is -0.894. The van der Waals surface area contributed by atoms with Gasteiger partial charge in [-0.3, -0.25) is 0 Å². The molecule has 0 amide bonds. The van der Waals surface area contributed by atoms with Gasteiger partial charge in [-0.15, -0.1) is 0 Å². The van der Waals surface area contributed by atoms with Gasteiger partial charge in [-0.05, 0) is 41.5 Å². The molecular weight excluding hydrogens is 241 g/mol. The van der Waals surface area contributed by atoms with E-state index in [0.717, 1.165) is 29.3 Å². The van der Waals surface area contributed by atoms with Gasteiger partial charge >= 0.3 is 0 Å². The van der Waals surface area contributed by atoms with E-state index in [0.29, 0.717) is 0 Å². The highest BCUT2D eigenvalue weighted by molar-refractivity contribution is 5.83. The fourth-order valence-corrected chi connectivity index (χ4v) is 3.11.